The predicted octanol–water partition coefficient (Wildman–Crippen LogP) is 4.76. The van der Waals surface area contributed by atoms with Crippen LogP contribution >= 0.6 is 0 Å². The Morgan fingerprint density at radius 2 is 1.66 bits per heavy atom. The molecule has 5 nitrogen and oxygen atoms in total. The minimum atomic E-state index is -0.319. The summed E-state index contributed by atoms with van der Waals surface area (Å²) in [5.74, 6) is 2.49. The van der Waals surface area contributed by atoms with E-state index in [4.69, 9.17) is 14.2 Å². The van der Waals surface area contributed by atoms with Crippen molar-refractivity contribution in [1.29, 1.82) is 0 Å². The normalized spacial score (nSPS) is 60.5. The number of nitrogens with one attached hydrogen (secondary N) is 1. The number of aliphatic hydroxyl groups excluding tert-OH is 1. The van der Waals surface area contributed by atoms with Crippen molar-refractivity contribution in [1.82, 2.24) is 5.32 Å². The number of fused-ring (bicyclic) bond motifs is 4. The number of aliphatic hydroxyl groups is 1. The first-order valence-corrected chi connectivity index (χ1v) is 14.9. The highest BCUT2D eigenvalue weighted by Gasteiger charge is 2.84. The van der Waals surface area contributed by atoms with Crippen LogP contribution < -0.4 is 5.32 Å². The van der Waals surface area contributed by atoms with Crippen LogP contribution in [0.25, 0.3) is 0 Å². The van der Waals surface area contributed by atoms with Crippen LogP contribution in [0.4, 0.5) is 0 Å². The molecule has 2 spiro atoms. The average molecular weight is 488 g/mol. The second kappa shape index (κ2) is 7.46. The van der Waals surface area contributed by atoms with Gasteiger partial charge in [0.15, 0.2) is 6.29 Å². The molecule has 3 unspecified atom stereocenters. The van der Waals surface area contributed by atoms with Gasteiger partial charge in [-0.2, -0.15) is 0 Å². The lowest BCUT2D eigenvalue weighted by atomic mass is 9.41. The topological polar surface area (TPSA) is 60.0 Å². The van der Waals surface area contributed by atoms with Gasteiger partial charge in [-0.05, 0) is 96.7 Å². The first kappa shape index (κ1) is 23.9. The van der Waals surface area contributed by atoms with Crippen LogP contribution in [-0.4, -0.2) is 56.0 Å². The first-order valence-electron chi connectivity index (χ1n) is 14.9. The molecule has 0 aromatic carbocycles. The van der Waals surface area contributed by atoms with E-state index in [0.717, 1.165) is 39.1 Å². The van der Waals surface area contributed by atoms with E-state index in [-0.39, 0.29) is 40.8 Å². The molecule has 0 amide bonds. The summed E-state index contributed by atoms with van der Waals surface area (Å²) >= 11 is 0. The lowest BCUT2D eigenvalue weighted by molar-refractivity contribution is -0.237. The Bertz CT molecular complexity index is 872. The quantitative estimate of drug-likeness (QED) is 0.588. The largest absolute Gasteiger partial charge is 0.390 e. The zero-order chi connectivity index (χ0) is 24.4. The molecule has 2 aliphatic heterocycles. The maximum absolute atomic E-state index is 12.0. The Morgan fingerprint density at radius 1 is 0.886 bits per heavy atom. The average Bonchev–Trinajstić information content (AvgIpc) is 3.47. The monoisotopic (exact) mass is 487 g/mol. The van der Waals surface area contributed by atoms with Crippen LogP contribution in [0.5, 0.6) is 0 Å². The van der Waals surface area contributed by atoms with Gasteiger partial charge in [0.2, 0.25) is 0 Å². The highest BCUT2D eigenvalue weighted by atomic mass is 16.7. The fraction of sp³-hybridized carbons (Fsp3) is 1.00. The Labute approximate surface area is 212 Å². The first-order chi connectivity index (χ1) is 16.6. The van der Waals surface area contributed by atoms with Gasteiger partial charge >= 0.3 is 0 Å². The van der Waals surface area contributed by atoms with Crippen LogP contribution in [-0.2, 0) is 14.2 Å². The van der Waals surface area contributed by atoms with E-state index in [1.165, 1.54) is 38.5 Å². The van der Waals surface area contributed by atoms with E-state index < -0.39 is 0 Å². The summed E-state index contributed by atoms with van der Waals surface area (Å²) in [5.41, 5.74) is 1.19. The SMILES string of the molecule is C[C@@H]1CCOC2[C@H]1[C@@]1(C)CCC34C[C@@]35CC[C@H](O[C@H]3CNCCO3)C(C)(C)[C@@H]5CCC4[C@]1(C)[C@H]2O. The molecule has 0 aromatic rings. The molecular formula is C30H49NO4. The molecule has 2 saturated heterocycles. The summed E-state index contributed by atoms with van der Waals surface area (Å²) in [5, 5.41) is 15.4. The summed E-state index contributed by atoms with van der Waals surface area (Å²) < 4.78 is 19.0. The second-order valence-electron chi connectivity index (χ2n) is 14.9. The van der Waals surface area contributed by atoms with Crippen LogP contribution in [0.2, 0.25) is 0 Å². The van der Waals surface area contributed by atoms with Crippen LogP contribution in [0.15, 0.2) is 0 Å². The highest BCUT2D eigenvalue weighted by molar-refractivity contribution is 5.32. The second-order valence-corrected chi connectivity index (χ2v) is 14.9. The third-order valence-corrected chi connectivity index (χ3v) is 13.9. The molecule has 5 aliphatic carbocycles. The van der Waals surface area contributed by atoms with E-state index in [2.05, 4.69) is 39.9 Å². The zero-order valence-electron chi connectivity index (χ0n) is 22.8. The Morgan fingerprint density at radius 3 is 2.43 bits per heavy atom. The maximum Gasteiger partial charge on any atom is 0.170 e. The Balaban J connectivity index is 1.19. The van der Waals surface area contributed by atoms with Gasteiger partial charge in [-0.1, -0.05) is 34.6 Å². The van der Waals surface area contributed by atoms with Crippen molar-refractivity contribution in [3.63, 3.8) is 0 Å². The molecule has 0 bridgehead atoms. The van der Waals surface area contributed by atoms with Crippen molar-refractivity contribution in [3.05, 3.63) is 0 Å². The molecule has 0 radical (unpaired) electrons. The molecule has 7 rings (SSSR count). The molecule has 5 saturated carbocycles. The molecule has 2 N–H and O–H groups in total. The van der Waals surface area contributed by atoms with E-state index >= 15 is 0 Å². The number of hydrogen-bond donors (Lipinski definition) is 2. The molecule has 5 heteroatoms. The predicted molar refractivity (Wildman–Crippen MR) is 135 cm³/mol. The van der Waals surface area contributed by atoms with Crippen molar-refractivity contribution in [3.8, 4) is 0 Å². The van der Waals surface area contributed by atoms with Crippen molar-refractivity contribution in [2.24, 2.45) is 50.7 Å². The van der Waals surface area contributed by atoms with Crippen LogP contribution in [0.1, 0.15) is 86.0 Å². The Kier molecular flexibility index (Phi) is 5.09. The van der Waals surface area contributed by atoms with Gasteiger partial charge < -0.3 is 24.6 Å². The summed E-state index contributed by atoms with van der Waals surface area (Å²) in [4.78, 5) is 0. The third kappa shape index (κ3) is 2.73. The molecular weight excluding hydrogens is 438 g/mol. The lowest BCUT2D eigenvalue weighted by Crippen LogP contribution is -2.60. The van der Waals surface area contributed by atoms with E-state index in [0.29, 0.717) is 34.5 Å². The smallest absolute Gasteiger partial charge is 0.170 e. The minimum Gasteiger partial charge on any atom is -0.390 e. The van der Waals surface area contributed by atoms with Gasteiger partial charge in [-0.15, -0.1) is 0 Å². The van der Waals surface area contributed by atoms with Crippen molar-refractivity contribution < 1.29 is 19.3 Å². The van der Waals surface area contributed by atoms with E-state index in [1.54, 1.807) is 0 Å². The van der Waals surface area contributed by atoms with Crippen LogP contribution in [0, 0.1) is 50.7 Å². The molecule has 198 valence electrons. The van der Waals surface area contributed by atoms with Gasteiger partial charge in [0.1, 0.15) is 0 Å². The fourth-order valence-corrected chi connectivity index (χ4v) is 12.2. The summed E-state index contributed by atoms with van der Waals surface area (Å²) in [7, 11) is 0. The van der Waals surface area contributed by atoms with Crippen LogP contribution in [0.3, 0.4) is 0 Å². The third-order valence-electron chi connectivity index (χ3n) is 13.9. The molecule has 7 aliphatic rings. The number of ether oxygens (including phenoxy) is 3. The van der Waals surface area contributed by atoms with Gasteiger partial charge in [0, 0.05) is 25.1 Å². The lowest BCUT2D eigenvalue weighted by Gasteiger charge is -2.63. The fourth-order valence-electron chi connectivity index (χ4n) is 12.2. The van der Waals surface area contributed by atoms with Gasteiger partial charge in [0.25, 0.3) is 0 Å². The molecule has 2 heterocycles. The maximum atomic E-state index is 12.0. The standard InChI is InChI=1S/C30H49NO4/c1-18-9-14-34-24-23(18)27(4)11-12-30-17-29(30)10-8-21(35-22-16-31-13-15-33-22)26(2,3)19(29)6-7-20(30)28(27,5)25(24)32/h18-25,31-32H,6-17H2,1-5H3/t18-,19+,20?,21+,22+,23+,24?,25+,27-,28-,29-,30?/m1/s1. The molecule has 0 aromatic heterocycles. The summed E-state index contributed by atoms with van der Waals surface area (Å²) in [6.45, 7) is 15.8. The number of hydrogen-bond acceptors (Lipinski definition) is 5. The van der Waals surface area contributed by atoms with E-state index in [1.807, 2.05) is 0 Å². The van der Waals surface area contributed by atoms with Gasteiger partial charge in [-0.25, -0.2) is 0 Å². The summed E-state index contributed by atoms with van der Waals surface area (Å²) in [6, 6.07) is 0. The zero-order valence-corrected chi connectivity index (χ0v) is 22.8. The van der Waals surface area contributed by atoms with Crippen molar-refractivity contribution in [2.75, 3.05) is 26.3 Å². The number of morpholine rings is 1. The van der Waals surface area contributed by atoms with Crippen molar-refractivity contribution in [2.45, 2.75) is 111 Å². The van der Waals surface area contributed by atoms with Crippen molar-refractivity contribution >= 4 is 0 Å². The minimum absolute atomic E-state index is 0.0350. The molecule has 12 atom stereocenters. The molecule has 7 fully saturated rings. The van der Waals surface area contributed by atoms with E-state index in [9.17, 15) is 5.11 Å². The Hall–Kier alpha value is -0.200. The highest BCUT2D eigenvalue weighted by Crippen LogP contribution is 2.89. The number of rotatable bonds is 2. The molecule has 35 heavy (non-hydrogen) atoms. The van der Waals surface area contributed by atoms with Gasteiger partial charge in [0.05, 0.1) is 24.9 Å². The summed E-state index contributed by atoms with van der Waals surface area (Å²) in [6.07, 6.45) is 10.1. The van der Waals surface area contributed by atoms with Gasteiger partial charge in [-0.3, -0.25) is 0 Å².